The van der Waals surface area contributed by atoms with Crippen molar-refractivity contribution < 1.29 is 4.74 Å². The Morgan fingerprint density at radius 2 is 2.06 bits per heavy atom. The monoisotopic (exact) mass is 222 g/mol. The third kappa shape index (κ3) is 2.97. The molecule has 3 N–H and O–H groups in total. The molecule has 1 aromatic rings. The van der Waals surface area contributed by atoms with E-state index < -0.39 is 0 Å². The SMILES string of the molecule is CNCCC(N)c1cc(C)cc(C)c1OC. The lowest BCUT2D eigenvalue weighted by Crippen LogP contribution is -2.19. The van der Waals surface area contributed by atoms with Gasteiger partial charge in [-0.15, -0.1) is 0 Å². The maximum Gasteiger partial charge on any atom is 0.126 e. The molecular weight excluding hydrogens is 200 g/mol. The molecule has 0 aromatic heterocycles. The molecule has 0 bridgehead atoms. The summed E-state index contributed by atoms with van der Waals surface area (Å²) in [6.45, 7) is 5.05. The van der Waals surface area contributed by atoms with Gasteiger partial charge in [-0.3, -0.25) is 0 Å². The van der Waals surface area contributed by atoms with Gasteiger partial charge >= 0.3 is 0 Å². The molecule has 0 spiro atoms. The summed E-state index contributed by atoms with van der Waals surface area (Å²) in [4.78, 5) is 0. The van der Waals surface area contributed by atoms with Gasteiger partial charge in [-0.05, 0) is 39.4 Å². The summed E-state index contributed by atoms with van der Waals surface area (Å²) in [6.07, 6.45) is 0.912. The van der Waals surface area contributed by atoms with E-state index in [1.54, 1.807) is 7.11 Å². The zero-order valence-electron chi connectivity index (χ0n) is 10.6. The van der Waals surface area contributed by atoms with Gasteiger partial charge in [-0.25, -0.2) is 0 Å². The molecule has 0 fully saturated rings. The minimum Gasteiger partial charge on any atom is -0.496 e. The Kier molecular flexibility index (Phi) is 4.77. The van der Waals surface area contributed by atoms with Gasteiger partial charge in [0.1, 0.15) is 5.75 Å². The summed E-state index contributed by atoms with van der Waals surface area (Å²) in [6, 6.07) is 4.26. The van der Waals surface area contributed by atoms with Crippen molar-refractivity contribution in [1.82, 2.24) is 5.32 Å². The number of benzene rings is 1. The number of hydrogen-bond acceptors (Lipinski definition) is 3. The first-order valence-corrected chi connectivity index (χ1v) is 5.65. The molecule has 3 heteroatoms. The predicted molar refractivity (Wildman–Crippen MR) is 67.9 cm³/mol. The molecule has 0 aliphatic rings. The van der Waals surface area contributed by atoms with Crippen molar-refractivity contribution in [3.8, 4) is 5.75 Å². The fraction of sp³-hybridized carbons (Fsp3) is 0.538. The summed E-state index contributed by atoms with van der Waals surface area (Å²) >= 11 is 0. The van der Waals surface area contributed by atoms with Gasteiger partial charge in [0.25, 0.3) is 0 Å². The van der Waals surface area contributed by atoms with Crippen molar-refractivity contribution >= 4 is 0 Å². The van der Waals surface area contributed by atoms with E-state index in [1.165, 1.54) is 5.56 Å². The second-order valence-electron chi connectivity index (χ2n) is 4.20. The molecule has 0 saturated heterocycles. The van der Waals surface area contributed by atoms with Crippen LogP contribution in [0.4, 0.5) is 0 Å². The van der Waals surface area contributed by atoms with E-state index in [-0.39, 0.29) is 6.04 Å². The van der Waals surface area contributed by atoms with Crippen LogP contribution in [0, 0.1) is 13.8 Å². The van der Waals surface area contributed by atoms with Gasteiger partial charge in [-0.1, -0.05) is 17.7 Å². The molecule has 0 saturated carbocycles. The number of rotatable bonds is 5. The number of nitrogens with two attached hydrogens (primary N) is 1. The Balaban J connectivity index is 3.00. The van der Waals surface area contributed by atoms with Gasteiger partial charge < -0.3 is 15.8 Å². The molecule has 0 radical (unpaired) electrons. The van der Waals surface area contributed by atoms with Crippen molar-refractivity contribution in [3.63, 3.8) is 0 Å². The molecule has 1 rings (SSSR count). The molecule has 0 aliphatic carbocycles. The van der Waals surface area contributed by atoms with Crippen LogP contribution in [0.3, 0.4) is 0 Å². The molecule has 90 valence electrons. The average Bonchev–Trinajstić information content (AvgIpc) is 2.24. The minimum absolute atomic E-state index is 0.0287. The summed E-state index contributed by atoms with van der Waals surface area (Å²) in [5.74, 6) is 0.925. The Labute approximate surface area is 98.0 Å². The van der Waals surface area contributed by atoms with E-state index in [0.29, 0.717) is 0 Å². The summed E-state index contributed by atoms with van der Waals surface area (Å²) < 4.78 is 5.43. The molecule has 0 amide bonds. The van der Waals surface area contributed by atoms with Gasteiger partial charge in [0.2, 0.25) is 0 Å². The van der Waals surface area contributed by atoms with Crippen LogP contribution in [-0.2, 0) is 0 Å². The number of ether oxygens (including phenoxy) is 1. The zero-order valence-corrected chi connectivity index (χ0v) is 10.6. The predicted octanol–water partition coefficient (Wildman–Crippen LogP) is 1.92. The molecule has 1 unspecified atom stereocenters. The quantitative estimate of drug-likeness (QED) is 0.800. The third-order valence-electron chi connectivity index (χ3n) is 2.76. The highest BCUT2D eigenvalue weighted by Gasteiger charge is 2.14. The Bertz CT molecular complexity index is 350. The number of nitrogens with one attached hydrogen (secondary N) is 1. The van der Waals surface area contributed by atoms with E-state index in [4.69, 9.17) is 10.5 Å². The Hall–Kier alpha value is -1.06. The van der Waals surface area contributed by atoms with E-state index >= 15 is 0 Å². The fourth-order valence-electron chi connectivity index (χ4n) is 2.00. The first-order valence-electron chi connectivity index (χ1n) is 5.65. The highest BCUT2D eigenvalue weighted by Crippen LogP contribution is 2.30. The summed E-state index contributed by atoms with van der Waals surface area (Å²) in [7, 11) is 3.64. The number of aryl methyl sites for hydroxylation is 2. The van der Waals surface area contributed by atoms with Gasteiger partial charge in [-0.2, -0.15) is 0 Å². The van der Waals surface area contributed by atoms with E-state index in [2.05, 4.69) is 31.3 Å². The van der Waals surface area contributed by atoms with Crippen molar-refractivity contribution in [2.45, 2.75) is 26.3 Å². The Morgan fingerprint density at radius 3 is 2.62 bits per heavy atom. The molecule has 3 nitrogen and oxygen atoms in total. The highest BCUT2D eigenvalue weighted by molar-refractivity contribution is 5.45. The van der Waals surface area contributed by atoms with Crippen LogP contribution < -0.4 is 15.8 Å². The van der Waals surface area contributed by atoms with E-state index in [0.717, 1.165) is 29.8 Å². The van der Waals surface area contributed by atoms with Crippen LogP contribution in [0.15, 0.2) is 12.1 Å². The standard InChI is InChI=1S/C13H22N2O/c1-9-7-10(2)13(16-4)11(8-9)12(14)5-6-15-3/h7-8,12,15H,5-6,14H2,1-4H3. The molecule has 16 heavy (non-hydrogen) atoms. The van der Waals surface area contributed by atoms with E-state index in [1.807, 2.05) is 7.05 Å². The van der Waals surface area contributed by atoms with Gasteiger partial charge in [0.05, 0.1) is 7.11 Å². The molecule has 1 aromatic carbocycles. The van der Waals surface area contributed by atoms with Crippen LogP contribution in [0.25, 0.3) is 0 Å². The van der Waals surface area contributed by atoms with Crippen molar-refractivity contribution in [3.05, 3.63) is 28.8 Å². The fourth-order valence-corrected chi connectivity index (χ4v) is 2.00. The lowest BCUT2D eigenvalue weighted by molar-refractivity contribution is 0.400. The van der Waals surface area contributed by atoms with Crippen LogP contribution in [0.1, 0.15) is 29.2 Å². The van der Waals surface area contributed by atoms with Crippen molar-refractivity contribution in [2.75, 3.05) is 20.7 Å². The van der Waals surface area contributed by atoms with Crippen LogP contribution in [0.5, 0.6) is 5.75 Å². The molecule has 0 heterocycles. The third-order valence-corrected chi connectivity index (χ3v) is 2.76. The second kappa shape index (κ2) is 5.87. The van der Waals surface area contributed by atoms with Crippen LogP contribution >= 0.6 is 0 Å². The summed E-state index contributed by atoms with van der Waals surface area (Å²) in [5.41, 5.74) is 9.66. The summed E-state index contributed by atoms with van der Waals surface area (Å²) in [5, 5.41) is 3.11. The average molecular weight is 222 g/mol. The van der Waals surface area contributed by atoms with Crippen molar-refractivity contribution in [2.24, 2.45) is 5.73 Å². The molecule has 1 atom stereocenters. The van der Waals surface area contributed by atoms with Crippen molar-refractivity contribution in [1.29, 1.82) is 0 Å². The molecule has 0 aliphatic heterocycles. The first-order chi connectivity index (χ1) is 7.60. The van der Waals surface area contributed by atoms with Crippen LogP contribution in [0.2, 0.25) is 0 Å². The van der Waals surface area contributed by atoms with Gasteiger partial charge in [0.15, 0.2) is 0 Å². The van der Waals surface area contributed by atoms with E-state index in [9.17, 15) is 0 Å². The topological polar surface area (TPSA) is 47.3 Å². The van der Waals surface area contributed by atoms with Crippen LogP contribution in [-0.4, -0.2) is 20.7 Å². The highest BCUT2D eigenvalue weighted by atomic mass is 16.5. The maximum absolute atomic E-state index is 6.18. The number of methoxy groups -OCH3 is 1. The normalized spacial score (nSPS) is 12.6. The Morgan fingerprint density at radius 1 is 1.38 bits per heavy atom. The lowest BCUT2D eigenvalue weighted by atomic mass is 9.98. The second-order valence-corrected chi connectivity index (χ2v) is 4.20. The molecular formula is C13H22N2O. The first kappa shape index (κ1) is 13.0. The largest absolute Gasteiger partial charge is 0.496 e. The zero-order chi connectivity index (χ0) is 12.1. The van der Waals surface area contributed by atoms with Gasteiger partial charge in [0, 0.05) is 11.6 Å². The minimum atomic E-state index is 0.0287. The lowest BCUT2D eigenvalue weighted by Gasteiger charge is -2.18. The maximum atomic E-state index is 6.18. The number of hydrogen-bond donors (Lipinski definition) is 2. The smallest absolute Gasteiger partial charge is 0.126 e.